The van der Waals surface area contributed by atoms with Gasteiger partial charge in [-0.1, -0.05) is 19.1 Å². The molecular formula is C13H20N2O3Si. The average molecular weight is 280 g/mol. The van der Waals surface area contributed by atoms with Gasteiger partial charge in [0.05, 0.1) is 25.7 Å². The zero-order chi connectivity index (χ0) is 14.5. The van der Waals surface area contributed by atoms with Gasteiger partial charge in [-0.3, -0.25) is 10.1 Å². The third-order valence-electron chi connectivity index (χ3n) is 2.99. The van der Waals surface area contributed by atoms with Crippen molar-refractivity contribution in [2.24, 2.45) is 0 Å². The Balaban J connectivity index is 2.53. The Bertz CT molecular complexity index is 475. The maximum Gasteiger partial charge on any atom is 0.295 e. The van der Waals surface area contributed by atoms with Gasteiger partial charge in [0.15, 0.2) is 0 Å². The molecule has 104 valence electrons. The third-order valence-corrected chi connectivity index (χ3v) is 5.73. The Morgan fingerprint density at radius 1 is 1.53 bits per heavy atom. The van der Waals surface area contributed by atoms with Crippen molar-refractivity contribution >= 4 is 19.4 Å². The predicted molar refractivity (Wildman–Crippen MR) is 80.1 cm³/mol. The smallest absolute Gasteiger partial charge is 0.295 e. The zero-order valence-electron chi connectivity index (χ0n) is 11.4. The zero-order valence-corrected chi connectivity index (χ0v) is 12.4. The minimum absolute atomic E-state index is 0.113. The molecule has 0 fully saturated rings. The first-order valence-electron chi connectivity index (χ1n) is 6.16. The molecular weight excluding hydrogens is 260 g/mol. The van der Waals surface area contributed by atoms with E-state index in [0.29, 0.717) is 12.4 Å². The highest BCUT2D eigenvalue weighted by molar-refractivity contribution is 6.82. The second kappa shape index (κ2) is 6.37. The van der Waals surface area contributed by atoms with Crippen molar-refractivity contribution in [3.05, 3.63) is 40.6 Å². The maximum absolute atomic E-state index is 10.7. The largest absolute Gasteiger partial charge is 0.493 e. The molecule has 1 rings (SSSR count). The lowest BCUT2D eigenvalue weighted by molar-refractivity contribution is -0.384. The molecule has 0 unspecified atom stereocenters. The second-order valence-electron chi connectivity index (χ2n) is 5.12. The number of nitro groups is 1. The molecule has 19 heavy (non-hydrogen) atoms. The van der Waals surface area contributed by atoms with E-state index in [0.717, 1.165) is 12.5 Å². The van der Waals surface area contributed by atoms with E-state index in [1.807, 2.05) is 0 Å². The van der Waals surface area contributed by atoms with Gasteiger partial charge in [0.2, 0.25) is 0 Å². The molecule has 0 aliphatic rings. The number of hydrogen-bond acceptors (Lipinski definition) is 4. The Labute approximate surface area is 114 Å². The van der Waals surface area contributed by atoms with E-state index in [1.165, 1.54) is 12.1 Å². The SMILES string of the molecule is C=C[Si](C)(C)CCCOc1ccc(N)c([N+](=O)[O-])c1. The van der Waals surface area contributed by atoms with E-state index in [9.17, 15) is 10.1 Å². The van der Waals surface area contributed by atoms with Crippen LogP contribution in [0, 0.1) is 10.1 Å². The quantitative estimate of drug-likeness (QED) is 0.273. The monoisotopic (exact) mass is 280 g/mol. The molecule has 0 aliphatic carbocycles. The van der Waals surface area contributed by atoms with Gasteiger partial charge in [0.25, 0.3) is 5.69 Å². The van der Waals surface area contributed by atoms with Crippen molar-refractivity contribution in [1.29, 1.82) is 0 Å². The van der Waals surface area contributed by atoms with E-state index in [2.05, 4.69) is 25.4 Å². The summed E-state index contributed by atoms with van der Waals surface area (Å²) in [6.45, 7) is 8.88. The minimum atomic E-state index is -1.30. The molecule has 1 aromatic carbocycles. The number of nitrogens with zero attached hydrogens (tertiary/aromatic N) is 1. The van der Waals surface area contributed by atoms with Crippen molar-refractivity contribution in [2.45, 2.75) is 25.6 Å². The van der Waals surface area contributed by atoms with Crippen LogP contribution in [0.4, 0.5) is 11.4 Å². The number of ether oxygens (including phenoxy) is 1. The summed E-state index contributed by atoms with van der Waals surface area (Å²) < 4.78 is 5.52. The molecule has 0 saturated carbocycles. The van der Waals surface area contributed by atoms with Crippen LogP contribution in [0.3, 0.4) is 0 Å². The molecule has 0 amide bonds. The lowest BCUT2D eigenvalue weighted by atomic mass is 10.2. The standard InChI is InChI=1S/C13H20N2O3Si/c1-4-19(2,3)9-5-8-18-11-6-7-12(14)13(10-11)15(16)17/h4,6-7,10H,1,5,8-9,14H2,2-3H3. The van der Waals surface area contributed by atoms with Gasteiger partial charge < -0.3 is 10.5 Å². The van der Waals surface area contributed by atoms with Crippen molar-refractivity contribution < 1.29 is 9.66 Å². The summed E-state index contributed by atoms with van der Waals surface area (Å²) in [5.74, 6) is 0.485. The Kier molecular flexibility index (Phi) is 5.11. The Morgan fingerprint density at radius 3 is 2.79 bits per heavy atom. The summed E-state index contributed by atoms with van der Waals surface area (Å²) in [5, 5.41) is 10.7. The number of rotatable bonds is 7. The lowest BCUT2D eigenvalue weighted by Gasteiger charge is -2.16. The average Bonchev–Trinajstić information content (AvgIpc) is 2.36. The summed E-state index contributed by atoms with van der Waals surface area (Å²) in [6.07, 6.45) is 0.920. The highest BCUT2D eigenvalue weighted by atomic mass is 28.3. The molecule has 0 bridgehead atoms. The highest BCUT2D eigenvalue weighted by Crippen LogP contribution is 2.26. The number of nitrogens with two attached hydrogens (primary N) is 1. The van der Waals surface area contributed by atoms with Gasteiger partial charge >= 0.3 is 0 Å². The Hall–Kier alpha value is -1.82. The van der Waals surface area contributed by atoms with Crippen LogP contribution in [0.15, 0.2) is 30.5 Å². The van der Waals surface area contributed by atoms with Crippen LogP contribution < -0.4 is 10.5 Å². The molecule has 0 aliphatic heterocycles. The molecule has 5 nitrogen and oxygen atoms in total. The van der Waals surface area contributed by atoms with Crippen LogP contribution >= 0.6 is 0 Å². The number of benzene rings is 1. The summed E-state index contributed by atoms with van der Waals surface area (Å²) in [7, 11) is -1.30. The number of anilines is 1. The second-order valence-corrected chi connectivity index (χ2v) is 10.0. The van der Waals surface area contributed by atoms with E-state index in [-0.39, 0.29) is 11.4 Å². The molecule has 6 heteroatoms. The van der Waals surface area contributed by atoms with Gasteiger partial charge in [-0.25, -0.2) is 0 Å². The Morgan fingerprint density at radius 2 is 2.21 bits per heavy atom. The summed E-state index contributed by atoms with van der Waals surface area (Å²) in [4.78, 5) is 10.2. The summed E-state index contributed by atoms with van der Waals surface area (Å²) in [5.41, 5.74) is 7.61. The molecule has 0 atom stereocenters. The van der Waals surface area contributed by atoms with E-state index in [4.69, 9.17) is 10.5 Å². The summed E-state index contributed by atoms with van der Waals surface area (Å²) >= 11 is 0. The predicted octanol–water partition coefficient (Wildman–Crippen LogP) is 3.38. The first kappa shape index (κ1) is 15.2. The van der Waals surface area contributed by atoms with E-state index < -0.39 is 13.0 Å². The first-order chi connectivity index (χ1) is 8.85. The fourth-order valence-corrected chi connectivity index (χ4v) is 2.85. The van der Waals surface area contributed by atoms with E-state index in [1.54, 1.807) is 6.07 Å². The molecule has 0 saturated heterocycles. The van der Waals surface area contributed by atoms with Gasteiger partial charge in [-0.05, 0) is 18.6 Å². The molecule has 2 N–H and O–H groups in total. The molecule has 1 aromatic rings. The number of hydrogen-bond donors (Lipinski definition) is 1. The van der Waals surface area contributed by atoms with Crippen LogP contribution in [-0.2, 0) is 0 Å². The fourth-order valence-electron chi connectivity index (χ4n) is 1.59. The third kappa shape index (κ3) is 4.74. The molecule has 0 heterocycles. The van der Waals surface area contributed by atoms with Gasteiger partial charge in [-0.2, -0.15) is 0 Å². The number of nitro benzene ring substituents is 1. The van der Waals surface area contributed by atoms with Gasteiger partial charge in [-0.15, -0.1) is 12.3 Å². The van der Waals surface area contributed by atoms with Crippen LogP contribution in [0.1, 0.15) is 6.42 Å². The molecule has 0 radical (unpaired) electrons. The van der Waals surface area contributed by atoms with Crippen LogP contribution in [0.2, 0.25) is 19.1 Å². The van der Waals surface area contributed by atoms with Crippen molar-refractivity contribution in [3.63, 3.8) is 0 Å². The fraction of sp³-hybridized carbons (Fsp3) is 0.385. The van der Waals surface area contributed by atoms with Gasteiger partial charge in [0, 0.05) is 0 Å². The normalized spacial score (nSPS) is 11.1. The minimum Gasteiger partial charge on any atom is -0.493 e. The maximum atomic E-state index is 10.7. The highest BCUT2D eigenvalue weighted by Gasteiger charge is 2.15. The van der Waals surface area contributed by atoms with E-state index >= 15 is 0 Å². The van der Waals surface area contributed by atoms with Gasteiger partial charge in [0.1, 0.15) is 11.4 Å². The van der Waals surface area contributed by atoms with Crippen LogP contribution in [-0.4, -0.2) is 19.6 Å². The lowest BCUT2D eigenvalue weighted by Crippen LogP contribution is -2.22. The number of nitrogen functional groups attached to an aromatic ring is 1. The first-order valence-corrected chi connectivity index (χ1v) is 9.44. The van der Waals surface area contributed by atoms with Crippen molar-refractivity contribution in [1.82, 2.24) is 0 Å². The van der Waals surface area contributed by atoms with Crippen molar-refractivity contribution in [3.8, 4) is 5.75 Å². The summed E-state index contributed by atoms with van der Waals surface area (Å²) in [6, 6.07) is 5.60. The topological polar surface area (TPSA) is 78.4 Å². The molecule has 0 aromatic heterocycles. The molecule has 0 spiro atoms. The van der Waals surface area contributed by atoms with Crippen LogP contribution in [0.25, 0.3) is 0 Å². The van der Waals surface area contributed by atoms with Crippen molar-refractivity contribution in [2.75, 3.05) is 12.3 Å². The van der Waals surface area contributed by atoms with Crippen LogP contribution in [0.5, 0.6) is 5.75 Å².